The highest BCUT2D eigenvalue weighted by molar-refractivity contribution is 5.76. The second-order valence-electron chi connectivity index (χ2n) is 6.53. The molecule has 1 unspecified atom stereocenters. The average molecular weight is 352 g/mol. The van der Waals surface area contributed by atoms with Crippen LogP contribution in [-0.4, -0.2) is 57.3 Å². The van der Waals surface area contributed by atoms with Crippen molar-refractivity contribution in [3.8, 4) is 16.9 Å². The van der Waals surface area contributed by atoms with E-state index < -0.39 is 0 Å². The summed E-state index contributed by atoms with van der Waals surface area (Å²) in [5.74, 6) is 2.37. The number of methoxy groups -OCH3 is 1. The molecular formula is C19H24N6O. The number of benzene rings is 1. The lowest BCUT2D eigenvalue weighted by molar-refractivity contribution is 0.277. The van der Waals surface area contributed by atoms with Gasteiger partial charge in [-0.15, -0.1) is 0 Å². The Kier molecular flexibility index (Phi) is 4.71. The highest BCUT2D eigenvalue weighted by atomic mass is 16.5. The number of fused-ring (bicyclic) bond motifs is 1. The number of nitrogens with zero attached hydrogens (tertiary/aromatic N) is 5. The fourth-order valence-electron chi connectivity index (χ4n) is 3.69. The lowest BCUT2D eigenvalue weighted by Crippen LogP contribution is -2.35. The maximum atomic E-state index is 5.27. The molecule has 0 amide bonds. The van der Waals surface area contributed by atoms with Crippen molar-refractivity contribution in [1.29, 1.82) is 0 Å². The SMILES string of the molecule is CCN1CCCC1CNc1c(-c2ccc(OC)cc2)cnc2ncnn12. The summed E-state index contributed by atoms with van der Waals surface area (Å²) in [6.45, 7) is 5.38. The van der Waals surface area contributed by atoms with Gasteiger partial charge in [0.2, 0.25) is 0 Å². The molecule has 1 fully saturated rings. The Morgan fingerprint density at radius 2 is 2.08 bits per heavy atom. The standard InChI is InChI=1S/C19H24N6O/c1-3-24-10-4-5-15(24)11-20-18-17(12-21-19-22-13-23-25(18)19)14-6-8-16(26-2)9-7-14/h6-9,12-13,15,20H,3-5,10-11H2,1-2H3. The van der Waals surface area contributed by atoms with E-state index in [9.17, 15) is 0 Å². The molecule has 0 bridgehead atoms. The van der Waals surface area contributed by atoms with Gasteiger partial charge in [-0.2, -0.15) is 14.6 Å². The molecule has 3 aromatic rings. The molecule has 0 spiro atoms. The van der Waals surface area contributed by atoms with E-state index in [0.29, 0.717) is 11.8 Å². The number of ether oxygens (including phenoxy) is 1. The van der Waals surface area contributed by atoms with Crippen LogP contribution in [0.1, 0.15) is 19.8 Å². The largest absolute Gasteiger partial charge is 0.497 e. The third kappa shape index (κ3) is 3.10. The molecule has 0 saturated carbocycles. The Bertz CT molecular complexity index is 875. The van der Waals surface area contributed by atoms with Crippen LogP contribution in [-0.2, 0) is 0 Å². The summed E-state index contributed by atoms with van der Waals surface area (Å²) in [6, 6.07) is 8.55. The highest BCUT2D eigenvalue weighted by Crippen LogP contribution is 2.29. The highest BCUT2D eigenvalue weighted by Gasteiger charge is 2.23. The molecule has 1 N–H and O–H groups in total. The van der Waals surface area contributed by atoms with Crippen LogP contribution in [0.15, 0.2) is 36.8 Å². The van der Waals surface area contributed by atoms with Gasteiger partial charge in [0.25, 0.3) is 5.78 Å². The predicted molar refractivity (Wildman–Crippen MR) is 102 cm³/mol. The summed E-state index contributed by atoms with van der Waals surface area (Å²) in [6.07, 6.45) is 5.89. The molecule has 136 valence electrons. The monoisotopic (exact) mass is 352 g/mol. The molecule has 4 rings (SSSR count). The summed E-state index contributed by atoms with van der Waals surface area (Å²) in [7, 11) is 1.67. The van der Waals surface area contributed by atoms with Gasteiger partial charge in [-0.3, -0.25) is 4.90 Å². The van der Waals surface area contributed by atoms with Gasteiger partial charge in [-0.1, -0.05) is 19.1 Å². The Hall–Kier alpha value is -2.67. The number of rotatable bonds is 6. The van der Waals surface area contributed by atoms with E-state index in [2.05, 4.69) is 32.2 Å². The minimum Gasteiger partial charge on any atom is -0.497 e. The first kappa shape index (κ1) is 16.8. The van der Waals surface area contributed by atoms with Gasteiger partial charge in [0.05, 0.1) is 7.11 Å². The maximum Gasteiger partial charge on any atom is 0.254 e. The van der Waals surface area contributed by atoms with Crippen molar-refractivity contribution in [2.45, 2.75) is 25.8 Å². The molecule has 26 heavy (non-hydrogen) atoms. The zero-order valence-electron chi connectivity index (χ0n) is 15.2. The minimum atomic E-state index is 0.551. The summed E-state index contributed by atoms with van der Waals surface area (Å²) in [5, 5.41) is 7.99. The molecule has 0 aliphatic carbocycles. The third-order valence-corrected chi connectivity index (χ3v) is 5.12. The van der Waals surface area contributed by atoms with E-state index in [4.69, 9.17) is 4.74 Å². The molecule has 0 radical (unpaired) electrons. The topological polar surface area (TPSA) is 67.6 Å². The molecule has 1 aromatic carbocycles. The minimum absolute atomic E-state index is 0.551. The van der Waals surface area contributed by atoms with Crippen molar-refractivity contribution >= 4 is 11.6 Å². The van der Waals surface area contributed by atoms with Crippen molar-refractivity contribution in [3.63, 3.8) is 0 Å². The molecule has 1 saturated heterocycles. The Morgan fingerprint density at radius 3 is 2.85 bits per heavy atom. The van der Waals surface area contributed by atoms with Crippen LogP contribution >= 0.6 is 0 Å². The zero-order chi connectivity index (χ0) is 17.9. The molecule has 1 aliphatic rings. The molecule has 2 aromatic heterocycles. The molecule has 1 atom stereocenters. The maximum absolute atomic E-state index is 5.27. The average Bonchev–Trinajstić information content (AvgIpc) is 3.35. The molecular weight excluding hydrogens is 328 g/mol. The first-order valence-electron chi connectivity index (χ1n) is 9.11. The van der Waals surface area contributed by atoms with Gasteiger partial charge >= 0.3 is 0 Å². The normalized spacial score (nSPS) is 17.7. The van der Waals surface area contributed by atoms with Crippen molar-refractivity contribution in [3.05, 3.63) is 36.8 Å². The van der Waals surface area contributed by atoms with E-state index in [0.717, 1.165) is 35.8 Å². The van der Waals surface area contributed by atoms with Crippen molar-refractivity contribution in [2.24, 2.45) is 0 Å². The van der Waals surface area contributed by atoms with Crippen LogP contribution in [0.2, 0.25) is 0 Å². The van der Waals surface area contributed by atoms with E-state index in [-0.39, 0.29) is 0 Å². The quantitative estimate of drug-likeness (QED) is 0.736. The predicted octanol–water partition coefficient (Wildman–Crippen LogP) is 2.70. The van der Waals surface area contributed by atoms with Gasteiger partial charge < -0.3 is 10.1 Å². The summed E-state index contributed by atoms with van der Waals surface area (Å²) >= 11 is 0. The summed E-state index contributed by atoms with van der Waals surface area (Å²) in [4.78, 5) is 11.2. The fourth-order valence-corrected chi connectivity index (χ4v) is 3.69. The van der Waals surface area contributed by atoms with Crippen molar-refractivity contribution < 1.29 is 4.74 Å². The number of aromatic nitrogens is 4. The lowest BCUT2D eigenvalue weighted by Gasteiger charge is -2.24. The number of likely N-dealkylation sites (N-methyl/N-ethyl adjacent to an activating group) is 1. The smallest absolute Gasteiger partial charge is 0.254 e. The summed E-state index contributed by atoms with van der Waals surface area (Å²) in [5.41, 5.74) is 2.07. The number of hydrogen-bond donors (Lipinski definition) is 1. The number of anilines is 1. The molecule has 3 heterocycles. The first-order chi connectivity index (χ1) is 12.8. The Labute approximate surface area is 153 Å². The van der Waals surface area contributed by atoms with E-state index >= 15 is 0 Å². The lowest BCUT2D eigenvalue weighted by atomic mass is 10.1. The van der Waals surface area contributed by atoms with Crippen LogP contribution in [0.5, 0.6) is 5.75 Å². The van der Waals surface area contributed by atoms with Crippen molar-refractivity contribution in [2.75, 3.05) is 32.1 Å². The number of nitrogens with one attached hydrogen (secondary N) is 1. The van der Waals surface area contributed by atoms with Crippen LogP contribution in [0.25, 0.3) is 16.9 Å². The number of hydrogen-bond acceptors (Lipinski definition) is 6. The van der Waals surface area contributed by atoms with Crippen LogP contribution in [0.3, 0.4) is 0 Å². The van der Waals surface area contributed by atoms with Gasteiger partial charge in [-0.05, 0) is 43.6 Å². The summed E-state index contributed by atoms with van der Waals surface area (Å²) < 4.78 is 7.05. The van der Waals surface area contributed by atoms with Gasteiger partial charge in [0.1, 0.15) is 17.9 Å². The Morgan fingerprint density at radius 1 is 1.23 bits per heavy atom. The van der Waals surface area contributed by atoms with Crippen LogP contribution in [0, 0.1) is 0 Å². The first-order valence-corrected chi connectivity index (χ1v) is 9.11. The third-order valence-electron chi connectivity index (χ3n) is 5.12. The number of likely N-dealkylation sites (tertiary alicyclic amines) is 1. The zero-order valence-corrected chi connectivity index (χ0v) is 15.2. The van der Waals surface area contributed by atoms with Gasteiger partial charge in [-0.25, -0.2) is 4.98 Å². The molecule has 7 nitrogen and oxygen atoms in total. The van der Waals surface area contributed by atoms with E-state index in [1.165, 1.54) is 19.4 Å². The van der Waals surface area contributed by atoms with E-state index in [1.54, 1.807) is 18.0 Å². The fraction of sp³-hybridized carbons (Fsp3) is 0.421. The van der Waals surface area contributed by atoms with Gasteiger partial charge in [0.15, 0.2) is 0 Å². The second-order valence-corrected chi connectivity index (χ2v) is 6.53. The van der Waals surface area contributed by atoms with Crippen molar-refractivity contribution in [1.82, 2.24) is 24.5 Å². The molecule has 7 heteroatoms. The van der Waals surface area contributed by atoms with Gasteiger partial charge in [0, 0.05) is 24.3 Å². The van der Waals surface area contributed by atoms with Crippen LogP contribution < -0.4 is 10.1 Å². The molecule has 1 aliphatic heterocycles. The van der Waals surface area contributed by atoms with Crippen LogP contribution in [0.4, 0.5) is 5.82 Å². The second kappa shape index (κ2) is 7.29. The Balaban J connectivity index is 1.67. The van der Waals surface area contributed by atoms with E-state index in [1.807, 2.05) is 30.5 Å².